The third-order valence-corrected chi connectivity index (χ3v) is 3.93. The molecule has 1 unspecified atom stereocenters. The van der Waals surface area contributed by atoms with Crippen LogP contribution in [0.3, 0.4) is 0 Å². The van der Waals surface area contributed by atoms with Crippen LogP contribution in [0.4, 0.5) is 4.79 Å². The molecule has 1 aromatic rings. The predicted octanol–water partition coefficient (Wildman–Crippen LogP) is 3.75. The molecule has 1 aliphatic heterocycles. The Bertz CT molecular complexity index is 617. The Morgan fingerprint density at radius 2 is 2.00 bits per heavy atom. The van der Waals surface area contributed by atoms with Gasteiger partial charge in [-0.15, -0.1) is 0 Å². The maximum Gasteiger partial charge on any atom is 0.410 e. The average molecular weight is 401 g/mol. The highest BCUT2D eigenvalue weighted by molar-refractivity contribution is 6.67. The number of halogens is 4. The van der Waals surface area contributed by atoms with Gasteiger partial charge in [0.25, 0.3) is 0 Å². The van der Waals surface area contributed by atoms with Gasteiger partial charge in [0.05, 0.1) is 13.7 Å². The van der Waals surface area contributed by atoms with Crippen molar-refractivity contribution in [2.45, 2.75) is 22.8 Å². The van der Waals surface area contributed by atoms with Gasteiger partial charge in [0.15, 0.2) is 0 Å². The van der Waals surface area contributed by atoms with Crippen molar-refractivity contribution < 1.29 is 19.1 Å². The van der Waals surface area contributed by atoms with Crippen molar-refractivity contribution in [1.29, 1.82) is 0 Å². The van der Waals surface area contributed by atoms with Crippen LogP contribution in [-0.2, 0) is 27.2 Å². The molecule has 0 saturated carbocycles. The maximum atomic E-state index is 12.3. The Balaban J connectivity index is 2.23. The number of carbonyl (C=O) groups is 2. The molecule has 0 bridgehead atoms. The second-order valence-corrected chi connectivity index (χ2v) is 7.91. The molecule has 0 aliphatic carbocycles. The van der Waals surface area contributed by atoms with Gasteiger partial charge in [-0.1, -0.05) is 52.5 Å². The number of ether oxygens (including phenoxy) is 2. The number of fused-ring (bicyclic) bond motifs is 1. The smallest absolute Gasteiger partial charge is 0.410 e. The van der Waals surface area contributed by atoms with E-state index in [1.165, 1.54) is 12.0 Å². The van der Waals surface area contributed by atoms with E-state index in [0.29, 0.717) is 11.4 Å². The van der Waals surface area contributed by atoms with Gasteiger partial charge in [-0.25, -0.2) is 9.59 Å². The highest BCUT2D eigenvalue weighted by Crippen LogP contribution is 2.29. The summed E-state index contributed by atoms with van der Waals surface area (Å²) in [6.45, 7) is -0.280. The van der Waals surface area contributed by atoms with Crippen molar-refractivity contribution in [2.75, 3.05) is 13.7 Å². The zero-order valence-corrected chi connectivity index (χ0v) is 15.0. The van der Waals surface area contributed by atoms with Gasteiger partial charge in [0.1, 0.15) is 12.6 Å². The number of hydrogen-bond acceptors (Lipinski definition) is 4. The normalized spacial score (nSPS) is 17.4. The molecule has 0 saturated heterocycles. The molecule has 2 rings (SSSR count). The number of esters is 1. The summed E-state index contributed by atoms with van der Waals surface area (Å²) in [6, 6.07) is 4.47. The second-order valence-electron chi connectivity index (χ2n) is 4.95. The van der Waals surface area contributed by atoms with E-state index in [2.05, 4.69) is 0 Å². The molecular formula is C14H13Cl4NO4. The lowest BCUT2D eigenvalue weighted by Gasteiger charge is -2.34. The Morgan fingerprint density at radius 1 is 1.30 bits per heavy atom. The standard InChI is InChI=1S/C14H13Cl4NO4/c1-22-12(20)11-5-8-2-3-10(15)4-9(8)6-19(11)13(21)23-7-14(16,17)18/h2-4,11H,5-7H2,1H3. The Morgan fingerprint density at radius 3 is 2.61 bits per heavy atom. The monoisotopic (exact) mass is 399 g/mol. The van der Waals surface area contributed by atoms with Crippen molar-refractivity contribution >= 4 is 58.5 Å². The first-order valence-electron chi connectivity index (χ1n) is 6.56. The van der Waals surface area contributed by atoms with Crippen LogP contribution in [0.2, 0.25) is 5.02 Å². The number of alkyl halides is 3. The Hall–Kier alpha value is -0.880. The lowest BCUT2D eigenvalue weighted by atomic mass is 9.94. The van der Waals surface area contributed by atoms with Crippen molar-refractivity contribution in [3.05, 3.63) is 34.3 Å². The molecule has 126 valence electrons. The van der Waals surface area contributed by atoms with Crippen molar-refractivity contribution in [1.82, 2.24) is 4.90 Å². The van der Waals surface area contributed by atoms with Crippen molar-refractivity contribution in [2.24, 2.45) is 0 Å². The third-order valence-electron chi connectivity index (χ3n) is 3.37. The summed E-state index contributed by atoms with van der Waals surface area (Å²) in [6.07, 6.45) is -0.473. The topological polar surface area (TPSA) is 55.8 Å². The van der Waals surface area contributed by atoms with Gasteiger partial charge < -0.3 is 9.47 Å². The van der Waals surface area contributed by atoms with E-state index < -0.39 is 28.5 Å². The summed E-state index contributed by atoms with van der Waals surface area (Å²) in [4.78, 5) is 25.5. The molecule has 9 heteroatoms. The van der Waals surface area contributed by atoms with E-state index in [-0.39, 0.29) is 6.54 Å². The zero-order valence-electron chi connectivity index (χ0n) is 12.0. The lowest BCUT2D eigenvalue weighted by molar-refractivity contribution is -0.147. The molecule has 0 spiro atoms. The van der Waals surface area contributed by atoms with Gasteiger partial charge in [-0.05, 0) is 23.3 Å². The van der Waals surface area contributed by atoms with Crippen LogP contribution in [0.5, 0.6) is 0 Å². The number of carbonyl (C=O) groups excluding carboxylic acids is 2. The molecule has 5 nitrogen and oxygen atoms in total. The summed E-state index contributed by atoms with van der Waals surface area (Å²) < 4.78 is 8.00. The van der Waals surface area contributed by atoms with Crippen LogP contribution >= 0.6 is 46.4 Å². The van der Waals surface area contributed by atoms with E-state index >= 15 is 0 Å². The predicted molar refractivity (Wildman–Crippen MR) is 88.1 cm³/mol. The second kappa shape index (κ2) is 7.34. The van der Waals surface area contributed by atoms with Crippen LogP contribution in [0, 0.1) is 0 Å². The minimum absolute atomic E-state index is 0.147. The summed E-state index contributed by atoms with van der Waals surface area (Å²) in [7, 11) is 1.25. The summed E-state index contributed by atoms with van der Waals surface area (Å²) >= 11 is 22.7. The summed E-state index contributed by atoms with van der Waals surface area (Å²) in [5.74, 6) is -0.545. The summed E-state index contributed by atoms with van der Waals surface area (Å²) in [5, 5.41) is 0.537. The summed E-state index contributed by atoms with van der Waals surface area (Å²) in [5.41, 5.74) is 1.73. The average Bonchev–Trinajstić information content (AvgIpc) is 2.49. The molecule has 0 fully saturated rings. The molecule has 1 heterocycles. The van der Waals surface area contributed by atoms with Crippen molar-refractivity contribution in [3.8, 4) is 0 Å². The molecule has 1 amide bonds. The molecule has 1 aromatic carbocycles. The maximum absolute atomic E-state index is 12.3. The fourth-order valence-electron chi connectivity index (χ4n) is 2.32. The quantitative estimate of drug-likeness (QED) is 0.560. The number of amides is 1. The number of hydrogen-bond donors (Lipinski definition) is 0. The van der Waals surface area contributed by atoms with Gasteiger partial charge in [-0.2, -0.15) is 0 Å². The SMILES string of the molecule is COC(=O)C1Cc2ccc(Cl)cc2CN1C(=O)OCC(Cl)(Cl)Cl. The van der Waals surface area contributed by atoms with Gasteiger partial charge in [0, 0.05) is 11.4 Å². The van der Waals surface area contributed by atoms with Crippen LogP contribution in [0.1, 0.15) is 11.1 Å². The number of benzene rings is 1. The highest BCUT2D eigenvalue weighted by atomic mass is 35.6. The molecule has 0 N–H and O–H groups in total. The molecule has 0 radical (unpaired) electrons. The van der Waals surface area contributed by atoms with Gasteiger partial charge in [0.2, 0.25) is 3.79 Å². The fourth-order valence-corrected chi connectivity index (χ4v) is 2.68. The molecular weight excluding hydrogens is 388 g/mol. The highest BCUT2D eigenvalue weighted by Gasteiger charge is 2.37. The van der Waals surface area contributed by atoms with E-state index in [9.17, 15) is 9.59 Å². The van der Waals surface area contributed by atoms with Crippen LogP contribution < -0.4 is 0 Å². The fraction of sp³-hybridized carbons (Fsp3) is 0.429. The van der Waals surface area contributed by atoms with Crippen LogP contribution in [-0.4, -0.2) is 40.5 Å². The molecule has 1 aliphatic rings. The molecule has 23 heavy (non-hydrogen) atoms. The number of methoxy groups -OCH3 is 1. The van der Waals surface area contributed by atoms with E-state index in [1.54, 1.807) is 12.1 Å². The van der Waals surface area contributed by atoms with E-state index in [4.69, 9.17) is 55.9 Å². The molecule has 0 aromatic heterocycles. The Kier molecular flexibility index (Phi) is 5.89. The largest absolute Gasteiger partial charge is 0.467 e. The third kappa shape index (κ3) is 4.80. The number of nitrogens with zero attached hydrogens (tertiary/aromatic N) is 1. The van der Waals surface area contributed by atoms with Crippen LogP contribution in [0.25, 0.3) is 0 Å². The first-order valence-corrected chi connectivity index (χ1v) is 8.07. The zero-order chi connectivity index (χ0) is 17.2. The van der Waals surface area contributed by atoms with Gasteiger partial charge >= 0.3 is 12.1 Å². The first-order chi connectivity index (χ1) is 10.7. The van der Waals surface area contributed by atoms with E-state index in [1.807, 2.05) is 6.07 Å². The van der Waals surface area contributed by atoms with Crippen LogP contribution in [0.15, 0.2) is 18.2 Å². The first kappa shape index (κ1) is 18.5. The van der Waals surface area contributed by atoms with Crippen molar-refractivity contribution in [3.63, 3.8) is 0 Å². The van der Waals surface area contributed by atoms with E-state index in [0.717, 1.165) is 11.1 Å². The minimum Gasteiger partial charge on any atom is -0.467 e. The minimum atomic E-state index is -1.73. The van der Waals surface area contributed by atoms with Gasteiger partial charge in [-0.3, -0.25) is 4.90 Å². The molecule has 1 atom stereocenters. The number of rotatable bonds is 2. The lowest BCUT2D eigenvalue weighted by Crippen LogP contribution is -2.49. The Labute approximate surface area is 153 Å².